The molecule has 1 amide bonds. The van der Waals surface area contributed by atoms with Crippen molar-refractivity contribution < 1.29 is 28.7 Å². The summed E-state index contributed by atoms with van der Waals surface area (Å²) in [6.45, 7) is 7.64. The number of aryl methyl sites for hydroxylation is 1. The molecule has 1 aromatic rings. The number of carbonyl (C=O) groups is 3. The number of hydrogen-bond donors (Lipinski definition) is 0. The summed E-state index contributed by atoms with van der Waals surface area (Å²) in [6, 6.07) is 0. The van der Waals surface area contributed by atoms with Crippen molar-refractivity contribution in [3.63, 3.8) is 0 Å². The first kappa shape index (κ1) is 22.5. The van der Waals surface area contributed by atoms with E-state index in [0.29, 0.717) is 18.5 Å². The van der Waals surface area contributed by atoms with Gasteiger partial charge >= 0.3 is 11.9 Å². The van der Waals surface area contributed by atoms with Crippen molar-refractivity contribution in [3.05, 3.63) is 17.6 Å². The van der Waals surface area contributed by atoms with Gasteiger partial charge < -0.3 is 9.47 Å². The molecule has 0 aliphatic heterocycles. The van der Waals surface area contributed by atoms with Crippen molar-refractivity contribution in [2.75, 3.05) is 24.9 Å². The fourth-order valence-electron chi connectivity index (χ4n) is 2.20. The van der Waals surface area contributed by atoms with Gasteiger partial charge in [0.05, 0.1) is 25.5 Å². The predicted octanol–water partition coefficient (Wildman–Crippen LogP) is 2.23. The van der Waals surface area contributed by atoms with Gasteiger partial charge in [-0.05, 0) is 26.7 Å². The highest BCUT2D eigenvalue weighted by Gasteiger charge is 2.29. The third-order valence-corrected chi connectivity index (χ3v) is 3.46. The zero-order chi connectivity index (χ0) is 20.2. The van der Waals surface area contributed by atoms with Crippen LogP contribution >= 0.6 is 0 Å². The molecule has 0 saturated heterocycles. The Morgan fingerprint density at radius 2 is 1.74 bits per heavy atom. The molecule has 0 spiro atoms. The summed E-state index contributed by atoms with van der Waals surface area (Å²) in [5.74, 6) is -2.06. The van der Waals surface area contributed by atoms with Crippen LogP contribution in [0, 0.1) is 0 Å². The number of rotatable bonds is 11. The highest BCUT2D eigenvalue weighted by Crippen LogP contribution is 2.23. The Morgan fingerprint density at radius 1 is 1.04 bits per heavy atom. The molecule has 0 aromatic carbocycles. The predicted molar refractivity (Wildman–Crippen MR) is 97.0 cm³/mol. The van der Waals surface area contributed by atoms with Gasteiger partial charge in [-0.2, -0.15) is 5.06 Å². The van der Waals surface area contributed by atoms with Crippen LogP contribution in [0.1, 0.15) is 63.0 Å². The van der Waals surface area contributed by atoms with Gasteiger partial charge in [0.25, 0.3) is 5.91 Å². The van der Waals surface area contributed by atoms with E-state index in [1.54, 1.807) is 13.8 Å². The number of hydrogen-bond acceptors (Lipinski definition) is 8. The lowest BCUT2D eigenvalue weighted by Gasteiger charge is -2.23. The van der Waals surface area contributed by atoms with E-state index < -0.39 is 24.3 Å². The second-order valence-corrected chi connectivity index (χ2v) is 5.45. The minimum atomic E-state index is -0.686. The van der Waals surface area contributed by atoms with Gasteiger partial charge in [-0.1, -0.05) is 20.3 Å². The van der Waals surface area contributed by atoms with E-state index in [1.165, 1.54) is 6.33 Å². The Labute approximate surface area is 159 Å². The Balaban J connectivity index is 3.28. The molecule has 0 N–H and O–H groups in total. The number of carbonyl (C=O) groups excluding carboxylic acids is 3. The second-order valence-electron chi connectivity index (χ2n) is 5.45. The standard InChI is InChI=1S/C18H27N3O6/c1-5-9-10-27-21(14(22)11-15(23)25-7-3)17-16(18(24)26-8-4)13(6-2)19-12-20-17/h12H,5-11H2,1-4H3. The molecule has 9 nitrogen and oxygen atoms in total. The molecule has 9 heteroatoms. The second kappa shape index (κ2) is 11.9. The lowest BCUT2D eigenvalue weighted by Crippen LogP contribution is -2.36. The van der Waals surface area contributed by atoms with Gasteiger partial charge in [0.2, 0.25) is 0 Å². The number of anilines is 1. The van der Waals surface area contributed by atoms with Gasteiger partial charge in [-0.3, -0.25) is 14.4 Å². The fraction of sp³-hybridized carbons (Fsp3) is 0.611. The number of nitrogens with zero attached hydrogens (tertiary/aromatic N) is 3. The summed E-state index contributed by atoms with van der Waals surface area (Å²) in [4.78, 5) is 50.5. The van der Waals surface area contributed by atoms with Crippen LogP contribution in [0.15, 0.2) is 6.33 Å². The van der Waals surface area contributed by atoms with Crippen LogP contribution in [0.3, 0.4) is 0 Å². The highest BCUT2D eigenvalue weighted by molar-refractivity contribution is 6.05. The number of esters is 2. The molecule has 0 saturated carbocycles. The third kappa shape index (κ3) is 6.59. The first-order valence-corrected chi connectivity index (χ1v) is 9.12. The zero-order valence-corrected chi connectivity index (χ0v) is 16.3. The molecule has 0 unspecified atom stereocenters. The summed E-state index contributed by atoms with van der Waals surface area (Å²) in [7, 11) is 0. The maximum atomic E-state index is 12.6. The minimum absolute atomic E-state index is 0.0364. The average Bonchev–Trinajstić information content (AvgIpc) is 2.64. The highest BCUT2D eigenvalue weighted by atomic mass is 16.7. The lowest BCUT2D eigenvalue weighted by atomic mass is 10.1. The van der Waals surface area contributed by atoms with Gasteiger partial charge in [-0.15, -0.1) is 0 Å². The van der Waals surface area contributed by atoms with E-state index >= 15 is 0 Å². The molecule has 1 aromatic heterocycles. The van der Waals surface area contributed by atoms with Crippen LogP contribution in [0.4, 0.5) is 5.82 Å². The normalized spacial score (nSPS) is 10.4. The summed E-state index contributed by atoms with van der Waals surface area (Å²) in [5.41, 5.74) is 0.474. The molecule has 1 heterocycles. The first-order valence-electron chi connectivity index (χ1n) is 9.12. The molecular weight excluding hydrogens is 354 g/mol. The molecule has 0 atom stereocenters. The van der Waals surface area contributed by atoms with Crippen molar-refractivity contribution in [3.8, 4) is 0 Å². The molecular formula is C18H27N3O6. The number of ether oxygens (including phenoxy) is 2. The summed E-state index contributed by atoms with van der Waals surface area (Å²) in [5, 5.41) is 0.875. The molecule has 0 fully saturated rings. The van der Waals surface area contributed by atoms with E-state index in [1.807, 2.05) is 13.8 Å². The van der Waals surface area contributed by atoms with Gasteiger partial charge in [0, 0.05) is 0 Å². The fourth-order valence-corrected chi connectivity index (χ4v) is 2.20. The van der Waals surface area contributed by atoms with Crippen LogP contribution in [0.25, 0.3) is 0 Å². The van der Waals surface area contributed by atoms with Crippen LogP contribution in [-0.2, 0) is 30.3 Å². The van der Waals surface area contributed by atoms with Crippen molar-refractivity contribution in [2.45, 2.75) is 53.4 Å². The van der Waals surface area contributed by atoms with E-state index in [4.69, 9.17) is 14.3 Å². The molecule has 0 aliphatic carbocycles. The SMILES string of the molecule is CCCCON(C(=O)CC(=O)OCC)c1ncnc(CC)c1C(=O)OCC. The topological polar surface area (TPSA) is 108 Å². The Hall–Kier alpha value is -2.55. The third-order valence-electron chi connectivity index (χ3n) is 3.46. The summed E-state index contributed by atoms with van der Waals surface area (Å²) in [6.07, 6.45) is 2.66. The Morgan fingerprint density at radius 3 is 2.33 bits per heavy atom. The van der Waals surface area contributed by atoms with Crippen molar-refractivity contribution in [1.82, 2.24) is 9.97 Å². The Kier molecular flexibility index (Phi) is 9.95. The smallest absolute Gasteiger partial charge is 0.343 e. The molecule has 0 bridgehead atoms. The van der Waals surface area contributed by atoms with Gasteiger partial charge in [0.1, 0.15) is 18.3 Å². The number of amides is 1. The number of unbranched alkanes of at least 4 members (excludes halogenated alkanes) is 1. The number of hydroxylamine groups is 1. The molecule has 27 heavy (non-hydrogen) atoms. The maximum Gasteiger partial charge on any atom is 0.343 e. The van der Waals surface area contributed by atoms with E-state index in [9.17, 15) is 14.4 Å². The van der Waals surface area contributed by atoms with Crippen LogP contribution in [0.5, 0.6) is 0 Å². The zero-order valence-electron chi connectivity index (χ0n) is 16.3. The van der Waals surface area contributed by atoms with Gasteiger partial charge in [-0.25, -0.2) is 14.8 Å². The minimum Gasteiger partial charge on any atom is -0.466 e. The van der Waals surface area contributed by atoms with E-state index in [-0.39, 0.29) is 31.2 Å². The summed E-state index contributed by atoms with van der Waals surface area (Å²) >= 11 is 0. The monoisotopic (exact) mass is 381 g/mol. The molecule has 0 radical (unpaired) electrons. The van der Waals surface area contributed by atoms with Crippen LogP contribution in [0.2, 0.25) is 0 Å². The van der Waals surface area contributed by atoms with Crippen LogP contribution < -0.4 is 5.06 Å². The summed E-state index contributed by atoms with van der Waals surface area (Å²) < 4.78 is 9.90. The Bertz CT molecular complexity index is 650. The van der Waals surface area contributed by atoms with E-state index in [2.05, 4.69) is 9.97 Å². The van der Waals surface area contributed by atoms with Crippen molar-refractivity contribution in [2.24, 2.45) is 0 Å². The maximum absolute atomic E-state index is 12.6. The van der Waals surface area contributed by atoms with Crippen molar-refractivity contribution in [1.29, 1.82) is 0 Å². The molecule has 1 rings (SSSR count). The quantitative estimate of drug-likeness (QED) is 0.248. The van der Waals surface area contributed by atoms with Gasteiger partial charge in [0.15, 0.2) is 5.82 Å². The molecule has 150 valence electrons. The largest absolute Gasteiger partial charge is 0.466 e. The van der Waals surface area contributed by atoms with Crippen molar-refractivity contribution >= 4 is 23.7 Å². The number of aromatic nitrogens is 2. The average molecular weight is 381 g/mol. The lowest BCUT2D eigenvalue weighted by molar-refractivity contribution is -0.147. The van der Waals surface area contributed by atoms with E-state index in [0.717, 1.165) is 11.5 Å². The first-order chi connectivity index (χ1) is 13.0. The molecule has 0 aliphatic rings. The van der Waals surface area contributed by atoms with Crippen LogP contribution in [-0.4, -0.2) is 47.6 Å².